The maximum absolute atomic E-state index is 13.3. The van der Waals surface area contributed by atoms with Gasteiger partial charge in [-0.2, -0.15) is 5.26 Å². The van der Waals surface area contributed by atoms with Crippen molar-refractivity contribution in [2.75, 3.05) is 7.11 Å². The van der Waals surface area contributed by atoms with Gasteiger partial charge in [0.15, 0.2) is 5.82 Å². The summed E-state index contributed by atoms with van der Waals surface area (Å²) < 4.78 is 18.5. The van der Waals surface area contributed by atoms with Crippen molar-refractivity contribution in [1.29, 1.82) is 5.26 Å². The average molecular weight is 244 g/mol. The number of nitriles is 1. The van der Waals surface area contributed by atoms with E-state index in [0.29, 0.717) is 5.75 Å². The molecular weight excluding hydrogens is 237 g/mol. The van der Waals surface area contributed by atoms with E-state index in [0.717, 1.165) is 5.56 Å². The molecule has 0 radical (unpaired) electrons. The molecule has 0 aromatic heterocycles. The minimum atomic E-state index is -0.579. The van der Waals surface area contributed by atoms with Gasteiger partial charge in [0.05, 0.1) is 11.6 Å². The Morgan fingerprint density at radius 3 is 2.69 bits per heavy atom. The Bertz CT molecular complexity index is 384. The number of nitrogens with zero attached hydrogens (tertiary/aromatic N) is 1. The zero-order valence-electron chi connectivity index (χ0n) is 7.19. The van der Waals surface area contributed by atoms with E-state index in [4.69, 9.17) is 10.00 Å². The van der Waals surface area contributed by atoms with Gasteiger partial charge in [-0.25, -0.2) is 4.39 Å². The van der Waals surface area contributed by atoms with Crippen LogP contribution in [0.25, 0.3) is 0 Å². The molecule has 0 amide bonds. The molecular formula is C9H7BrFNO. The van der Waals surface area contributed by atoms with Crippen molar-refractivity contribution in [2.45, 2.75) is 6.92 Å². The molecule has 0 aliphatic rings. The molecule has 2 nitrogen and oxygen atoms in total. The fourth-order valence-electron chi connectivity index (χ4n) is 1.10. The molecule has 0 heterocycles. The molecule has 0 fully saturated rings. The predicted molar refractivity (Wildman–Crippen MR) is 50.1 cm³/mol. The first-order chi connectivity index (χ1) is 6.11. The first kappa shape index (κ1) is 10.0. The summed E-state index contributed by atoms with van der Waals surface area (Å²) in [6.45, 7) is 1.75. The third-order valence-electron chi connectivity index (χ3n) is 1.67. The van der Waals surface area contributed by atoms with Gasteiger partial charge in [0.1, 0.15) is 17.4 Å². The summed E-state index contributed by atoms with van der Waals surface area (Å²) in [6.07, 6.45) is 0. The van der Waals surface area contributed by atoms with Crippen molar-refractivity contribution in [3.8, 4) is 11.8 Å². The highest BCUT2D eigenvalue weighted by molar-refractivity contribution is 9.10. The zero-order chi connectivity index (χ0) is 10.0. The van der Waals surface area contributed by atoms with Crippen LogP contribution in [0, 0.1) is 24.1 Å². The highest BCUT2D eigenvalue weighted by atomic mass is 79.9. The summed E-state index contributed by atoms with van der Waals surface area (Å²) in [5, 5.41) is 8.69. The molecule has 0 atom stereocenters. The molecule has 1 aromatic rings. The topological polar surface area (TPSA) is 33.0 Å². The maximum Gasteiger partial charge on any atom is 0.158 e. The number of methoxy groups -OCH3 is 1. The number of aryl methyl sites for hydroxylation is 1. The number of rotatable bonds is 1. The van der Waals surface area contributed by atoms with Gasteiger partial charge in [-0.05, 0) is 34.5 Å². The lowest BCUT2D eigenvalue weighted by atomic mass is 10.1. The van der Waals surface area contributed by atoms with Crippen molar-refractivity contribution in [2.24, 2.45) is 0 Å². The lowest BCUT2D eigenvalue weighted by molar-refractivity contribution is 0.406. The van der Waals surface area contributed by atoms with Crippen LogP contribution in [-0.2, 0) is 0 Å². The summed E-state index contributed by atoms with van der Waals surface area (Å²) in [5.41, 5.74) is 0.668. The van der Waals surface area contributed by atoms with E-state index in [-0.39, 0.29) is 10.0 Å². The predicted octanol–water partition coefficient (Wildman–Crippen LogP) is 2.78. The number of halogens is 2. The Morgan fingerprint density at radius 1 is 1.62 bits per heavy atom. The fraction of sp³-hybridized carbons (Fsp3) is 0.222. The Hall–Kier alpha value is -1.08. The molecule has 0 aliphatic heterocycles. The van der Waals surface area contributed by atoms with Gasteiger partial charge < -0.3 is 4.74 Å². The van der Waals surface area contributed by atoms with Crippen LogP contribution in [0.2, 0.25) is 0 Å². The summed E-state index contributed by atoms with van der Waals surface area (Å²) >= 11 is 3.02. The van der Waals surface area contributed by atoms with Gasteiger partial charge in [-0.3, -0.25) is 0 Å². The van der Waals surface area contributed by atoms with Gasteiger partial charge in [-0.1, -0.05) is 0 Å². The van der Waals surface area contributed by atoms with E-state index < -0.39 is 5.82 Å². The van der Waals surface area contributed by atoms with E-state index in [9.17, 15) is 4.39 Å². The summed E-state index contributed by atoms with van der Waals surface area (Å²) in [5.74, 6) is -0.284. The summed E-state index contributed by atoms with van der Waals surface area (Å²) in [4.78, 5) is 0. The maximum atomic E-state index is 13.3. The van der Waals surface area contributed by atoms with Crippen molar-refractivity contribution < 1.29 is 9.13 Å². The van der Waals surface area contributed by atoms with Crippen molar-refractivity contribution in [3.05, 3.63) is 27.5 Å². The lowest BCUT2D eigenvalue weighted by Crippen LogP contribution is -1.96. The van der Waals surface area contributed by atoms with Crippen LogP contribution in [0.15, 0.2) is 10.5 Å². The Labute approximate surface area is 84.1 Å². The average Bonchev–Trinajstić information content (AvgIpc) is 2.10. The second kappa shape index (κ2) is 3.75. The molecule has 68 valence electrons. The Balaban J connectivity index is 3.53. The van der Waals surface area contributed by atoms with E-state index in [2.05, 4.69) is 15.9 Å². The zero-order valence-corrected chi connectivity index (χ0v) is 8.77. The first-order valence-corrected chi connectivity index (χ1v) is 4.33. The molecule has 0 saturated heterocycles. The third-order valence-corrected chi connectivity index (χ3v) is 2.25. The van der Waals surface area contributed by atoms with Crippen molar-refractivity contribution >= 4 is 15.9 Å². The van der Waals surface area contributed by atoms with Crippen LogP contribution in [0.5, 0.6) is 5.75 Å². The fourth-order valence-corrected chi connectivity index (χ4v) is 1.64. The van der Waals surface area contributed by atoms with Gasteiger partial charge in [-0.15, -0.1) is 0 Å². The summed E-state index contributed by atoms with van der Waals surface area (Å²) in [6, 6.07) is 3.34. The molecule has 0 N–H and O–H groups in total. The molecule has 1 rings (SSSR count). The van der Waals surface area contributed by atoms with E-state index in [1.807, 2.05) is 0 Å². The molecule has 0 bridgehead atoms. The Morgan fingerprint density at radius 2 is 2.23 bits per heavy atom. The molecule has 0 spiro atoms. The minimum Gasteiger partial charge on any atom is -0.495 e. The Kier molecular flexibility index (Phi) is 2.89. The number of ether oxygens (including phenoxy) is 1. The molecule has 4 heteroatoms. The van der Waals surface area contributed by atoms with Crippen LogP contribution >= 0.6 is 15.9 Å². The second-order valence-electron chi connectivity index (χ2n) is 2.51. The highest BCUT2D eigenvalue weighted by Gasteiger charge is 2.15. The standard InChI is InChI=1S/C9H7BrFNO/c1-5-3-7(10)8(11)6(4-12)9(5)13-2/h3H,1-2H3. The van der Waals surface area contributed by atoms with Gasteiger partial charge in [0, 0.05) is 0 Å². The van der Waals surface area contributed by atoms with E-state index in [1.54, 1.807) is 19.1 Å². The molecule has 0 saturated carbocycles. The van der Waals surface area contributed by atoms with Crippen LogP contribution in [0.4, 0.5) is 4.39 Å². The van der Waals surface area contributed by atoms with Crippen molar-refractivity contribution in [3.63, 3.8) is 0 Å². The van der Waals surface area contributed by atoms with Crippen LogP contribution in [0.1, 0.15) is 11.1 Å². The second-order valence-corrected chi connectivity index (χ2v) is 3.36. The van der Waals surface area contributed by atoms with E-state index >= 15 is 0 Å². The molecule has 13 heavy (non-hydrogen) atoms. The quantitative estimate of drug-likeness (QED) is 0.760. The third kappa shape index (κ3) is 1.65. The highest BCUT2D eigenvalue weighted by Crippen LogP contribution is 2.30. The molecule has 0 unspecified atom stereocenters. The largest absolute Gasteiger partial charge is 0.495 e. The monoisotopic (exact) mass is 243 g/mol. The summed E-state index contributed by atoms with van der Waals surface area (Å²) in [7, 11) is 1.41. The normalized spacial score (nSPS) is 9.46. The smallest absolute Gasteiger partial charge is 0.158 e. The molecule has 1 aromatic carbocycles. The first-order valence-electron chi connectivity index (χ1n) is 3.54. The van der Waals surface area contributed by atoms with E-state index in [1.165, 1.54) is 7.11 Å². The van der Waals surface area contributed by atoms with Gasteiger partial charge >= 0.3 is 0 Å². The lowest BCUT2D eigenvalue weighted by Gasteiger charge is -2.08. The SMILES string of the molecule is COc1c(C)cc(Br)c(F)c1C#N. The van der Waals surface area contributed by atoms with Crippen LogP contribution < -0.4 is 4.74 Å². The number of benzene rings is 1. The molecule has 0 aliphatic carbocycles. The van der Waals surface area contributed by atoms with Gasteiger partial charge in [0.2, 0.25) is 0 Å². The van der Waals surface area contributed by atoms with Crippen LogP contribution in [-0.4, -0.2) is 7.11 Å². The van der Waals surface area contributed by atoms with Gasteiger partial charge in [0.25, 0.3) is 0 Å². The minimum absolute atomic E-state index is 0.0608. The number of hydrogen-bond acceptors (Lipinski definition) is 2. The van der Waals surface area contributed by atoms with Crippen LogP contribution in [0.3, 0.4) is 0 Å². The number of hydrogen-bond donors (Lipinski definition) is 0. The van der Waals surface area contributed by atoms with Crippen molar-refractivity contribution in [1.82, 2.24) is 0 Å².